The summed E-state index contributed by atoms with van der Waals surface area (Å²) in [7, 11) is -18.3. The molecule has 9 heterocycles. The summed E-state index contributed by atoms with van der Waals surface area (Å²) in [6, 6.07) is 0. The summed E-state index contributed by atoms with van der Waals surface area (Å²) < 4.78 is 274. The minimum atomic E-state index is -6.10. The van der Waals surface area contributed by atoms with Gasteiger partial charge in [0.2, 0.25) is 0 Å². The highest BCUT2D eigenvalue weighted by Gasteiger charge is 2.77. The van der Waals surface area contributed by atoms with E-state index in [4.69, 9.17) is 71.1 Å². The van der Waals surface area contributed by atoms with Crippen LogP contribution in [0.25, 0.3) is 0 Å². The number of hydrogen-bond donors (Lipinski definition) is 0. The van der Waals surface area contributed by atoms with E-state index in [2.05, 4.69) is 28.1 Å². The highest BCUT2D eigenvalue weighted by molar-refractivity contribution is 7.87. The van der Waals surface area contributed by atoms with Gasteiger partial charge in [-0.15, -0.1) is 0 Å². The standard InChI is InChI=1S/C28H36F2O13S.C27H34F2O13S.C26H32F2O13S/c1-11(2)27(15-5-13-4-14(7-15)8-16(27)6-13)43-26(34)20-19-21-24(42-25(19)33)23(22(20)41-21)40-18(32)10-38-9-17(31)39-12(3)28(29,30)44(35,36)37;1-3-26(14-5-12-4-13(7-14)8-15(26)6-12)42-25(33)19-18-20-23(41-24(18)32)22(21(19)40-20)39-17(31)10-37-9-16(30)38-11(2)27(28,29)43(34,35)36;1-10(26(27,28)42(33,34)35)37-15(29)8-36-9-16(30)38-21-20-18(17-19(39-20)22(21)40-23(17)31)24(32)41-25(2)13-4-11-3-12(6-13)7-14(25)5-11/h11-16,19-24H,4-10H2,1-3H3,(H,35,36,37);11-15,18-23H,3-10H2,1-2H3,(H,34,35,36);10-14,17-22H,3-9H2,1-2H3,(H,33,34,35)/p-3. The molecule has 0 spiro atoms. The molecule has 18 bridgehead atoms. The molecule has 12 aliphatic carbocycles. The molecule has 0 amide bonds. The Balaban J connectivity index is 0.000000142. The van der Waals surface area contributed by atoms with Crippen molar-refractivity contribution in [2.45, 2.75) is 275 Å². The highest BCUT2D eigenvalue weighted by Crippen LogP contribution is 2.66. The number of esters is 12. The number of rotatable bonds is 32. The van der Waals surface area contributed by atoms with Crippen molar-refractivity contribution in [3.63, 3.8) is 0 Å². The molecule has 21 aliphatic rings. The van der Waals surface area contributed by atoms with Crippen LogP contribution >= 0.6 is 0 Å². The summed E-state index contributed by atoms with van der Waals surface area (Å²) in [4.78, 5) is 152. The maximum atomic E-state index is 13.9. The third-order valence-electron chi connectivity index (χ3n) is 31.0. The predicted molar refractivity (Wildman–Crippen MR) is 398 cm³/mol. The number of halogens is 6. The molecular formula is C81H99F6O39S3-3. The molecule has 21 fully saturated rings. The summed E-state index contributed by atoms with van der Waals surface area (Å²) >= 11 is 0. The zero-order chi connectivity index (χ0) is 93.3. The van der Waals surface area contributed by atoms with Gasteiger partial charge in [-0.3, -0.25) is 28.8 Å². The number of ether oxygens (including phenoxy) is 18. The minimum absolute atomic E-state index is 0.0561. The third kappa shape index (κ3) is 16.6. The lowest BCUT2D eigenvalue weighted by molar-refractivity contribution is -0.230. The van der Waals surface area contributed by atoms with E-state index in [0.29, 0.717) is 62.7 Å². The molecule has 9 saturated heterocycles. The van der Waals surface area contributed by atoms with Gasteiger partial charge in [0.1, 0.15) is 129 Å². The van der Waals surface area contributed by atoms with E-state index in [1.54, 1.807) is 0 Å². The molecule has 129 heavy (non-hydrogen) atoms. The van der Waals surface area contributed by atoms with Crippen LogP contribution in [0.4, 0.5) is 26.3 Å². The van der Waals surface area contributed by atoms with Gasteiger partial charge in [0, 0.05) is 0 Å². The Kier molecular flexibility index (Phi) is 25.2. The molecule has 12 saturated carbocycles. The topological polar surface area (TPSA) is 543 Å². The van der Waals surface area contributed by atoms with Gasteiger partial charge in [-0.2, -0.15) is 26.3 Å². The molecule has 21 rings (SSSR count). The fourth-order valence-electron chi connectivity index (χ4n) is 26.0. The van der Waals surface area contributed by atoms with Gasteiger partial charge < -0.3 is 98.9 Å². The first-order valence-electron chi connectivity index (χ1n) is 43.5. The maximum absolute atomic E-state index is 13.9. The molecule has 48 heteroatoms. The van der Waals surface area contributed by atoms with Crippen molar-refractivity contribution >= 4 is 102 Å². The maximum Gasteiger partial charge on any atom is 0.370 e. The van der Waals surface area contributed by atoms with Gasteiger partial charge in [-0.25, -0.2) is 54.0 Å². The zero-order valence-corrected chi connectivity index (χ0v) is 73.0. The zero-order valence-electron chi connectivity index (χ0n) is 70.6. The molecule has 0 aromatic carbocycles. The largest absolute Gasteiger partial charge is 0.743 e. The molecule has 0 N–H and O–H groups in total. The van der Waals surface area contributed by atoms with Crippen LogP contribution in [-0.4, -0.2) is 274 Å². The van der Waals surface area contributed by atoms with Crippen molar-refractivity contribution in [1.29, 1.82) is 0 Å². The summed E-state index contributed by atoms with van der Waals surface area (Å²) in [6.45, 7) is 3.93. The third-order valence-corrected chi connectivity index (χ3v) is 34.0. The lowest BCUT2D eigenvalue weighted by atomic mass is 9.47. The average molecular weight is 1910 g/mol. The first-order chi connectivity index (χ1) is 60.3. The number of alkyl halides is 6. The monoisotopic (exact) mass is 1910 g/mol. The van der Waals surface area contributed by atoms with E-state index < -0.39 is 301 Å². The number of hydrogen-bond acceptors (Lipinski definition) is 39. The van der Waals surface area contributed by atoms with Crippen LogP contribution < -0.4 is 0 Å². The molecule has 21 unspecified atom stereocenters. The Morgan fingerprint density at radius 1 is 0.372 bits per heavy atom. The first-order valence-corrected chi connectivity index (χ1v) is 47.7. The van der Waals surface area contributed by atoms with Crippen molar-refractivity contribution < 1.29 is 208 Å². The summed E-state index contributed by atoms with van der Waals surface area (Å²) in [5.74, 6) is -11.5. The van der Waals surface area contributed by atoms with Gasteiger partial charge in [0.25, 0.3) is 0 Å². The van der Waals surface area contributed by atoms with Gasteiger partial charge >= 0.3 is 87.4 Å². The van der Waals surface area contributed by atoms with E-state index in [0.717, 1.165) is 77.0 Å². The van der Waals surface area contributed by atoms with E-state index in [1.807, 2.05) is 13.8 Å². The first kappa shape index (κ1) is 94.9. The molecule has 720 valence electrons. The van der Waals surface area contributed by atoms with E-state index >= 15 is 0 Å². The molecule has 9 aliphatic heterocycles. The summed E-state index contributed by atoms with van der Waals surface area (Å²) in [5.41, 5.74) is -1.91. The lowest BCUT2D eigenvalue weighted by Crippen LogP contribution is -2.63. The predicted octanol–water partition coefficient (Wildman–Crippen LogP) is 3.07. The van der Waals surface area contributed by atoms with Gasteiger partial charge in [0.15, 0.2) is 85.3 Å². The average Bonchev–Trinajstić information content (AvgIpc) is 1.58. The lowest BCUT2D eigenvalue weighted by Gasteiger charge is -2.62. The van der Waals surface area contributed by atoms with Crippen LogP contribution in [0.3, 0.4) is 0 Å². The van der Waals surface area contributed by atoms with Crippen LogP contribution in [-0.2, 0) is 173 Å². The van der Waals surface area contributed by atoms with Gasteiger partial charge in [0.05, 0.1) is 0 Å². The van der Waals surface area contributed by atoms with Crippen molar-refractivity contribution in [2.75, 3.05) is 39.6 Å². The minimum Gasteiger partial charge on any atom is -0.743 e. The molecular weight excluding hydrogens is 1810 g/mol. The highest BCUT2D eigenvalue weighted by atomic mass is 32.2. The van der Waals surface area contributed by atoms with Gasteiger partial charge in [-0.05, 0) is 207 Å². The van der Waals surface area contributed by atoms with Gasteiger partial charge in [-0.1, -0.05) is 20.8 Å². The summed E-state index contributed by atoms with van der Waals surface area (Å²) in [5, 5.41) is -14.6. The van der Waals surface area contributed by atoms with Crippen LogP contribution in [0.1, 0.15) is 151 Å². The van der Waals surface area contributed by atoms with Crippen molar-refractivity contribution in [1.82, 2.24) is 0 Å². The fourth-order valence-corrected chi connectivity index (χ4v) is 27.3. The Bertz CT molecular complexity index is 4770. The molecule has 0 aromatic heterocycles. The Labute approximate surface area is 734 Å². The second kappa shape index (κ2) is 34.3. The van der Waals surface area contributed by atoms with E-state index in [-0.39, 0.29) is 41.4 Å². The fraction of sp³-hybridized carbons (Fsp3) is 0.852. The quantitative estimate of drug-likeness (QED) is 0.0404. The number of carbonyl (C=O) groups is 12. The Morgan fingerprint density at radius 2 is 0.628 bits per heavy atom. The van der Waals surface area contributed by atoms with E-state index in [1.165, 1.54) is 19.3 Å². The van der Waals surface area contributed by atoms with Crippen molar-refractivity contribution in [3.8, 4) is 0 Å². The van der Waals surface area contributed by atoms with Crippen LogP contribution in [0.15, 0.2) is 0 Å². The SMILES string of the molecule is CC(C)C1(OC(=O)C2C3OC4C(OC(=O)C42)C3OC(=O)COCC(=O)OC(C)C(F)(F)S(=O)(=O)[O-])C2CC3CC(C2)CC1C3.CC(OC(=O)COCC(=O)OC1C2OC(=O)C3C2OC1C3C(=O)OC1(C)C2CC3CC(C2)CC1C3)C(F)(F)S(=O)(=O)[O-].CCC1(OC(=O)C2C3OC4C(OC(=O)C42)C3OC(=O)COCC(=O)OC(C)C(F)(F)S(=O)(=O)[O-])C2CC3CC(C2)CC1C3. The van der Waals surface area contributed by atoms with Crippen LogP contribution in [0.2, 0.25) is 0 Å². The van der Waals surface area contributed by atoms with Crippen molar-refractivity contribution in [3.05, 3.63) is 0 Å². The molecule has 0 radical (unpaired) electrons. The van der Waals surface area contributed by atoms with Crippen LogP contribution in [0.5, 0.6) is 0 Å². The molecule has 39 nitrogen and oxygen atoms in total. The van der Waals surface area contributed by atoms with Crippen LogP contribution in [0, 0.1) is 112 Å². The Hall–Kier alpha value is -7.29. The summed E-state index contributed by atoms with van der Waals surface area (Å²) in [6.07, 6.45) is -3.09. The Morgan fingerprint density at radius 3 is 0.899 bits per heavy atom. The van der Waals surface area contributed by atoms with Crippen molar-refractivity contribution in [2.24, 2.45) is 112 Å². The smallest absolute Gasteiger partial charge is 0.370 e. The second-order valence-corrected chi connectivity index (χ2v) is 42.9. The van der Waals surface area contributed by atoms with E-state index in [9.17, 15) is 123 Å². The normalized spacial score (nSPS) is 41.2. The number of carbonyl (C=O) groups excluding carboxylic acids is 12. The molecule has 21 atom stereocenters. The molecule has 0 aromatic rings. The number of fused-ring (bicyclic) bond motifs is 3. The second-order valence-electron chi connectivity index (χ2n) is 38.5.